The van der Waals surface area contributed by atoms with Crippen LogP contribution in [0.1, 0.15) is 37.2 Å². The van der Waals surface area contributed by atoms with Crippen LogP contribution >= 0.6 is 0 Å². The number of hydrogen-bond acceptors (Lipinski definition) is 3. The number of aliphatic hydroxyl groups excluding tert-OH is 1. The maximum Gasteiger partial charge on any atom is 0.138 e. The van der Waals surface area contributed by atoms with E-state index in [0.717, 1.165) is 25.2 Å². The van der Waals surface area contributed by atoms with Crippen molar-refractivity contribution in [2.45, 2.75) is 52.7 Å². The fourth-order valence-electron chi connectivity index (χ4n) is 2.47. The van der Waals surface area contributed by atoms with Gasteiger partial charge in [-0.05, 0) is 36.8 Å². The third-order valence-corrected chi connectivity index (χ3v) is 3.66. The lowest BCUT2D eigenvalue weighted by Crippen LogP contribution is -2.18. The molecule has 0 radical (unpaired) electrons. The summed E-state index contributed by atoms with van der Waals surface area (Å²) in [6.45, 7) is 7.26. The quantitative estimate of drug-likeness (QED) is 0.852. The van der Waals surface area contributed by atoms with E-state index in [4.69, 9.17) is 0 Å². The first-order valence-corrected chi connectivity index (χ1v) is 7.65. The second kappa shape index (κ2) is 7.36. The highest BCUT2D eigenvalue weighted by Gasteiger charge is 2.12. The van der Waals surface area contributed by atoms with E-state index in [2.05, 4.69) is 43.0 Å². The van der Waals surface area contributed by atoms with Crippen molar-refractivity contribution < 1.29 is 5.11 Å². The van der Waals surface area contributed by atoms with E-state index in [0.29, 0.717) is 12.3 Å². The topological polar surface area (TPSA) is 50.9 Å². The Labute approximate surface area is 126 Å². The van der Waals surface area contributed by atoms with Gasteiger partial charge in [0.15, 0.2) is 0 Å². The van der Waals surface area contributed by atoms with Gasteiger partial charge in [0.1, 0.15) is 12.2 Å². The first-order valence-electron chi connectivity index (χ1n) is 7.65. The van der Waals surface area contributed by atoms with Crippen LogP contribution in [0.3, 0.4) is 0 Å². The number of rotatable bonds is 7. The van der Waals surface area contributed by atoms with Gasteiger partial charge in [-0.15, -0.1) is 0 Å². The van der Waals surface area contributed by atoms with Gasteiger partial charge in [-0.2, -0.15) is 5.10 Å². The van der Waals surface area contributed by atoms with Crippen LogP contribution in [-0.2, 0) is 19.4 Å². The third-order valence-electron chi connectivity index (χ3n) is 3.66. The summed E-state index contributed by atoms with van der Waals surface area (Å²) in [5, 5.41) is 14.5. The molecule has 0 aliphatic carbocycles. The van der Waals surface area contributed by atoms with Crippen molar-refractivity contribution in [3.63, 3.8) is 0 Å². The molecule has 1 atom stereocenters. The molecule has 2 rings (SSSR count). The molecule has 1 aromatic carbocycles. The molecule has 21 heavy (non-hydrogen) atoms. The van der Waals surface area contributed by atoms with E-state index < -0.39 is 0 Å². The zero-order valence-electron chi connectivity index (χ0n) is 13.2. The summed E-state index contributed by atoms with van der Waals surface area (Å²) in [5.41, 5.74) is 2.59. The second-order valence-electron chi connectivity index (χ2n) is 6.08. The minimum atomic E-state index is -0.375. The summed E-state index contributed by atoms with van der Waals surface area (Å²) in [4.78, 5) is 4.27. The minimum Gasteiger partial charge on any atom is -0.393 e. The second-order valence-corrected chi connectivity index (χ2v) is 6.08. The Morgan fingerprint density at radius 2 is 2.00 bits per heavy atom. The Bertz CT molecular complexity index is 563. The zero-order valence-corrected chi connectivity index (χ0v) is 13.2. The summed E-state index contributed by atoms with van der Waals surface area (Å²) in [6.07, 6.45) is 3.41. The van der Waals surface area contributed by atoms with Crippen LogP contribution < -0.4 is 0 Å². The van der Waals surface area contributed by atoms with E-state index in [9.17, 15) is 5.11 Å². The highest BCUT2D eigenvalue weighted by Crippen LogP contribution is 2.13. The van der Waals surface area contributed by atoms with Crippen LogP contribution in [0.5, 0.6) is 0 Å². The summed E-state index contributed by atoms with van der Waals surface area (Å²) >= 11 is 0. The van der Waals surface area contributed by atoms with E-state index >= 15 is 0 Å². The average Bonchev–Trinajstić information content (AvgIpc) is 2.84. The monoisotopic (exact) mass is 287 g/mol. The molecule has 0 aliphatic heterocycles. The van der Waals surface area contributed by atoms with Crippen molar-refractivity contribution in [3.05, 3.63) is 47.5 Å². The Balaban J connectivity index is 1.89. The number of aromatic nitrogens is 3. The number of nitrogens with zero attached hydrogens (tertiary/aromatic N) is 3. The lowest BCUT2D eigenvalue weighted by Gasteiger charge is -2.13. The van der Waals surface area contributed by atoms with Gasteiger partial charge in [-0.3, -0.25) is 0 Å². The van der Waals surface area contributed by atoms with Crippen LogP contribution in [0, 0.1) is 12.8 Å². The first-order chi connectivity index (χ1) is 10.1. The van der Waals surface area contributed by atoms with Crippen LogP contribution in [0.15, 0.2) is 30.6 Å². The van der Waals surface area contributed by atoms with Gasteiger partial charge in [0, 0.05) is 13.0 Å². The highest BCUT2D eigenvalue weighted by atomic mass is 16.3. The lowest BCUT2D eigenvalue weighted by molar-refractivity contribution is 0.160. The molecule has 1 N–H and O–H groups in total. The molecule has 1 heterocycles. The summed E-state index contributed by atoms with van der Waals surface area (Å²) in [5.74, 6) is 1.40. The van der Waals surface area contributed by atoms with Gasteiger partial charge in [0.05, 0.1) is 6.10 Å². The van der Waals surface area contributed by atoms with Crippen molar-refractivity contribution in [1.82, 2.24) is 14.8 Å². The van der Waals surface area contributed by atoms with Gasteiger partial charge in [-0.25, -0.2) is 9.67 Å². The number of benzene rings is 1. The molecule has 114 valence electrons. The van der Waals surface area contributed by atoms with Crippen molar-refractivity contribution in [2.24, 2.45) is 5.92 Å². The molecular formula is C17H25N3O. The third kappa shape index (κ3) is 4.67. The standard InChI is InChI=1S/C17H25N3O/c1-13(2)11-20-17(18-12-19-20)10-16(21)9-8-15-7-5-4-6-14(15)3/h4-7,12-13,16,21H,8-11H2,1-3H3. The molecule has 0 bridgehead atoms. The molecule has 0 saturated carbocycles. The normalized spacial score (nSPS) is 12.8. The van der Waals surface area contributed by atoms with E-state index in [1.165, 1.54) is 11.1 Å². The Morgan fingerprint density at radius 3 is 2.71 bits per heavy atom. The molecule has 0 saturated heterocycles. The zero-order chi connectivity index (χ0) is 15.2. The van der Waals surface area contributed by atoms with Crippen molar-refractivity contribution in [2.75, 3.05) is 0 Å². The van der Waals surface area contributed by atoms with E-state index in [1.54, 1.807) is 6.33 Å². The molecule has 4 heteroatoms. The predicted octanol–water partition coefficient (Wildman–Crippen LogP) is 2.78. The Hall–Kier alpha value is -1.68. The SMILES string of the molecule is Cc1ccccc1CCC(O)Cc1ncnn1CC(C)C. The predicted molar refractivity (Wildman–Crippen MR) is 84.1 cm³/mol. The Morgan fingerprint density at radius 1 is 1.24 bits per heavy atom. The lowest BCUT2D eigenvalue weighted by atomic mass is 10.0. The minimum absolute atomic E-state index is 0.375. The van der Waals surface area contributed by atoms with Crippen molar-refractivity contribution >= 4 is 0 Å². The van der Waals surface area contributed by atoms with E-state index in [1.807, 2.05) is 16.8 Å². The Kier molecular flexibility index (Phi) is 5.51. The van der Waals surface area contributed by atoms with Crippen molar-refractivity contribution in [3.8, 4) is 0 Å². The molecule has 0 aliphatic rings. The van der Waals surface area contributed by atoms with Crippen LogP contribution in [0.2, 0.25) is 0 Å². The number of aliphatic hydroxyl groups is 1. The van der Waals surface area contributed by atoms with Gasteiger partial charge in [0.2, 0.25) is 0 Å². The largest absolute Gasteiger partial charge is 0.393 e. The molecule has 1 aromatic heterocycles. The summed E-state index contributed by atoms with van der Waals surface area (Å²) in [6, 6.07) is 8.34. The fourth-order valence-corrected chi connectivity index (χ4v) is 2.47. The molecule has 2 aromatic rings. The van der Waals surface area contributed by atoms with Gasteiger partial charge in [-0.1, -0.05) is 38.1 Å². The first kappa shape index (κ1) is 15.7. The molecule has 4 nitrogen and oxygen atoms in total. The molecule has 1 unspecified atom stereocenters. The van der Waals surface area contributed by atoms with Crippen LogP contribution in [-0.4, -0.2) is 26.0 Å². The average molecular weight is 287 g/mol. The van der Waals surface area contributed by atoms with E-state index in [-0.39, 0.29) is 6.10 Å². The smallest absolute Gasteiger partial charge is 0.138 e. The maximum absolute atomic E-state index is 10.3. The van der Waals surface area contributed by atoms with Crippen LogP contribution in [0.25, 0.3) is 0 Å². The highest BCUT2D eigenvalue weighted by molar-refractivity contribution is 5.25. The molecule has 0 fully saturated rings. The fraction of sp³-hybridized carbons (Fsp3) is 0.529. The summed E-state index contributed by atoms with van der Waals surface area (Å²) in [7, 11) is 0. The molecular weight excluding hydrogens is 262 g/mol. The molecule has 0 spiro atoms. The summed E-state index contributed by atoms with van der Waals surface area (Å²) < 4.78 is 1.90. The van der Waals surface area contributed by atoms with Gasteiger partial charge in [0.25, 0.3) is 0 Å². The van der Waals surface area contributed by atoms with Gasteiger partial charge < -0.3 is 5.11 Å². The van der Waals surface area contributed by atoms with Crippen LogP contribution in [0.4, 0.5) is 0 Å². The van der Waals surface area contributed by atoms with Gasteiger partial charge >= 0.3 is 0 Å². The maximum atomic E-state index is 10.3. The molecule has 0 amide bonds. The number of aryl methyl sites for hydroxylation is 2. The number of hydrogen-bond donors (Lipinski definition) is 1. The van der Waals surface area contributed by atoms with Crippen molar-refractivity contribution in [1.29, 1.82) is 0 Å².